The highest BCUT2D eigenvalue weighted by Gasteiger charge is 2.24. The van der Waals surface area contributed by atoms with Crippen LogP contribution < -0.4 is 15.5 Å². The molecular weight excluding hydrogens is 416 g/mol. The van der Waals surface area contributed by atoms with Gasteiger partial charge in [-0.1, -0.05) is 12.6 Å². The lowest BCUT2D eigenvalue weighted by Crippen LogP contribution is -2.27. The van der Waals surface area contributed by atoms with Crippen molar-refractivity contribution >= 4 is 33.8 Å². The number of ether oxygens (including phenoxy) is 3. The van der Waals surface area contributed by atoms with Crippen molar-refractivity contribution in [3.8, 4) is 0 Å². The molecular formula is C22H30N4O4S. The fraction of sp³-hybridized carbons (Fsp3) is 0.455. The molecule has 1 amide bonds. The van der Waals surface area contributed by atoms with Gasteiger partial charge in [-0.2, -0.15) is 0 Å². The van der Waals surface area contributed by atoms with Gasteiger partial charge in [0.05, 0.1) is 42.0 Å². The number of nitrogens with zero attached hydrogens (tertiary/aromatic N) is 2. The monoisotopic (exact) mass is 446 g/mol. The minimum absolute atomic E-state index is 0.188. The zero-order valence-corrected chi connectivity index (χ0v) is 19.1. The molecule has 0 saturated carbocycles. The summed E-state index contributed by atoms with van der Waals surface area (Å²) in [5, 5.41) is 9.06. The Bertz CT molecular complexity index is 901. The maximum absolute atomic E-state index is 12.7. The van der Waals surface area contributed by atoms with Gasteiger partial charge in [-0.25, -0.2) is 4.98 Å². The van der Waals surface area contributed by atoms with E-state index in [2.05, 4.69) is 22.1 Å². The number of hydrogen-bond acceptors (Lipinski definition) is 8. The lowest BCUT2D eigenvalue weighted by Gasteiger charge is -2.15. The summed E-state index contributed by atoms with van der Waals surface area (Å²) in [7, 11) is 4.97. The van der Waals surface area contributed by atoms with Crippen molar-refractivity contribution in [2.24, 2.45) is 0 Å². The summed E-state index contributed by atoms with van der Waals surface area (Å²) >= 11 is 1.58. The molecule has 1 aromatic carbocycles. The maximum Gasteiger partial charge on any atom is 0.253 e. The SMILES string of the molecule is C=C(Nc1ccc(COC)cc1C(=O)NCCOC)c1csc(N2CC[C@H](OC)C2)n1. The van der Waals surface area contributed by atoms with Gasteiger partial charge in [-0.3, -0.25) is 4.79 Å². The number of benzene rings is 1. The van der Waals surface area contributed by atoms with Gasteiger partial charge in [0.25, 0.3) is 5.91 Å². The lowest BCUT2D eigenvalue weighted by molar-refractivity contribution is 0.0937. The second kappa shape index (κ2) is 11.2. The number of aromatic nitrogens is 1. The predicted octanol–water partition coefficient (Wildman–Crippen LogP) is 2.97. The number of thiazole rings is 1. The van der Waals surface area contributed by atoms with Crippen LogP contribution in [0.25, 0.3) is 5.70 Å². The smallest absolute Gasteiger partial charge is 0.253 e. The number of carbonyl (C=O) groups is 1. The van der Waals surface area contributed by atoms with E-state index >= 15 is 0 Å². The van der Waals surface area contributed by atoms with Crippen LogP contribution in [0.3, 0.4) is 0 Å². The Morgan fingerprint density at radius 2 is 2.16 bits per heavy atom. The first-order valence-corrected chi connectivity index (χ1v) is 11.0. The number of anilines is 2. The van der Waals surface area contributed by atoms with Crippen LogP contribution in [0.2, 0.25) is 0 Å². The lowest BCUT2D eigenvalue weighted by atomic mass is 10.1. The van der Waals surface area contributed by atoms with E-state index in [1.807, 2.05) is 23.6 Å². The Labute approximate surface area is 187 Å². The number of hydrogen-bond donors (Lipinski definition) is 2. The fourth-order valence-electron chi connectivity index (χ4n) is 3.38. The quantitative estimate of drug-likeness (QED) is 0.513. The molecule has 1 aromatic heterocycles. The highest BCUT2D eigenvalue weighted by molar-refractivity contribution is 7.13. The Balaban J connectivity index is 1.73. The molecule has 1 saturated heterocycles. The van der Waals surface area contributed by atoms with E-state index in [9.17, 15) is 4.79 Å². The summed E-state index contributed by atoms with van der Waals surface area (Å²) < 4.78 is 15.7. The summed E-state index contributed by atoms with van der Waals surface area (Å²) in [6.45, 7) is 7.21. The average Bonchev–Trinajstić information content (AvgIpc) is 3.44. The number of methoxy groups -OCH3 is 3. The third-order valence-corrected chi connectivity index (χ3v) is 5.97. The van der Waals surface area contributed by atoms with Crippen LogP contribution in [0.1, 0.15) is 28.0 Å². The number of rotatable bonds is 11. The van der Waals surface area contributed by atoms with Crippen molar-refractivity contribution < 1.29 is 19.0 Å². The third kappa shape index (κ3) is 6.04. The molecule has 9 heteroatoms. The number of carbonyl (C=O) groups excluding carboxylic acids is 1. The third-order valence-electron chi connectivity index (χ3n) is 5.07. The highest BCUT2D eigenvalue weighted by Crippen LogP contribution is 2.29. The van der Waals surface area contributed by atoms with Crippen molar-refractivity contribution in [2.45, 2.75) is 19.1 Å². The van der Waals surface area contributed by atoms with E-state index < -0.39 is 0 Å². The normalized spacial score (nSPS) is 15.8. The molecule has 1 aliphatic rings. The van der Waals surface area contributed by atoms with Crippen molar-refractivity contribution in [1.82, 2.24) is 10.3 Å². The van der Waals surface area contributed by atoms with Crippen molar-refractivity contribution in [3.63, 3.8) is 0 Å². The van der Waals surface area contributed by atoms with Crippen molar-refractivity contribution in [1.29, 1.82) is 0 Å². The van der Waals surface area contributed by atoms with Crippen molar-refractivity contribution in [3.05, 3.63) is 47.0 Å². The van der Waals surface area contributed by atoms with E-state index in [0.717, 1.165) is 35.9 Å². The minimum Gasteiger partial charge on any atom is -0.383 e. The molecule has 2 heterocycles. The van der Waals surface area contributed by atoms with E-state index in [1.165, 1.54) is 0 Å². The first-order valence-electron chi connectivity index (χ1n) is 10.1. The molecule has 0 bridgehead atoms. The zero-order chi connectivity index (χ0) is 22.2. The fourth-order valence-corrected chi connectivity index (χ4v) is 4.25. The average molecular weight is 447 g/mol. The van der Waals surface area contributed by atoms with Crippen LogP contribution in [0.15, 0.2) is 30.2 Å². The number of nitrogens with one attached hydrogen (secondary N) is 2. The van der Waals surface area contributed by atoms with Gasteiger partial charge in [0.2, 0.25) is 0 Å². The van der Waals surface area contributed by atoms with Gasteiger partial charge in [0, 0.05) is 46.3 Å². The molecule has 8 nitrogen and oxygen atoms in total. The van der Waals surface area contributed by atoms with Crippen LogP contribution >= 0.6 is 11.3 Å². The minimum atomic E-state index is -0.188. The molecule has 168 valence electrons. The van der Waals surface area contributed by atoms with Crippen LogP contribution in [-0.4, -0.2) is 64.6 Å². The second-order valence-corrected chi connectivity index (χ2v) is 8.11. The molecule has 0 radical (unpaired) electrons. The zero-order valence-electron chi connectivity index (χ0n) is 18.3. The Morgan fingerprint density at radius 1 is 1.32 bits per heavy atom. The molecule has 1 fully saturated rings. The topological polar surface area (TPSA) is 85.0 Å². The van der Waals surface area contributed by atoms with Gasteiger partial charge < -0.3 is 29.7 Å². The van der Waals surface area contributed by atoms with Gasteiger partial charge >= 0.3 is 0 Å². The van der Waals surface area contributed by atoms with E-state index in [-0.39, 0.29) is 12.0 Å². The van der Waals surface area contributed by atoms with Crippen LogP contribution in [0.4, 0.5) is 10.8 Å². The molecule has 1 atom stereocenters. The molecule has 0 aliphatic carbocycles. The van der Waals surface area contributed by atoms with Gasteiger partial charge in [-0.05, 0) is 24.1 Å². The highest BCUT2D eigenvalue weighted by atomic mass is 32.1. The molecule has 0 unspecified atom stereocenters. The summed E-state index contributed by atoms with van der Waals surface area (Å²) in [6.07, 6.45) is 1.25. The van der Waals surface area contributed by atoms with Gasteiger partial charge in [0.1, 0.15) is 0 Å². The van der Waals surface area contributed by atoms with Crippen LogP contribution in [0, 0.1) is 0 Å². The standard InChI is InChI=1S/C22H30N4O4S/c1-15(20-14-31-22(25-20)26-9-7-17(12-26)30-4)24-19-6-5-16(13-29-3)11-18(19)21(27)23-8-10-28-2/h5-6,11,14,17,24H,1,7-10,12-13H2,2-4H3,(H,23,27)/t17-/m0/s1. The summed E-state index contributed by atoms with van der Waals surface area (Å²) in [5.41, 5.74) is 3.48. The Morgan fingerprint density at radius 3 is 2.87 bits per heavy atom. The molecule has 0 spiro atoms. The molecule has 3 rings (SSSR count). The first-order chi connectivity index (χ1) is 15.0. The van der Waals surface area contributed by atoms with Gasteiger partial charge in [-0.15, -0.1) is 11.3 Å². The molecule has 2 aromatic rings. The summed E-state index contributed by atoms with van der Waals surface area (Å²) in [6, 6.07) is 5.61. The molecule has 1 aliphatic heterocycles. The maximum atomic E-state index is 12.7. The largest absolute Gasteiger partial charge is 0.383 e. The number of amides is 1. The van der Waals surface area contributed by atoms with Crippen LogP contribution in [0.5, 0.6) is 0 Å². The first kappa shape index (κ1) is 23.2. The summed E-state index contributed by atoms with van der Waals surface area (Å²) in [4.78, 5) is 19.7. The summed E-state index contributed by atoms with van der Waals surface area (Å²) in [5.74, 6) is -0.188. The second-order valence-electron chi connectivity index (χ2n) is 7.27. The van der Waals surface area contributed by atoms with E-state index in [4.69, 9.17) is 19.2 Å². The molecule has 31 heavy (non-hydrogen) atoms. The van der Waals surface area contributed by atoms with E-state index in [1.54, 1.807) is 32.7 Å². The van der Waals surface area contributed by atoms with E-state index in [0.29, 0.717) is 36.7 Å². The van der Waals surface area contributed by atoms with Gasteiger partial charge in [0.15, 0.2) is 5.13 Å². The van der Waals surface area contributed by atoms with Crippen LogP contribution in [-0.2, 0) is 20.8 Å². The Hall–Kier alpha value is -2.46. The molecule has 2 N–H and O–H groups in total. The predicted molar refractivity (Wildman–Crippen MR) is 124 cm³/mol. The van der Waals surface area contributed by atoms with Crippen molar-refractivity contribution in [2.75, 3.05) is 57.8 Å². The Kier molecular flexibility index (Phi) is 8.42.